The Morgan fingerprint density at radius 3 is 2.55 bits per heavy atom. The number of carbonyl (C=O) groups is 2. The molecule has 0 aliphatic carbocycles. The highest BCUT2D eigenvalue weighted by molar-refractivity contribution is 6.11. The Kier molecular flexibility index (Phi) is 6.77. The molecule has 8 heteroatoms. The largest absolute Gasteiger partial charge is 0.391 e. The van der Waals surface area contributed by atoms with Gasteiger partial charge in [0, 0.05) is 48.6 Å². The molecule has 1 aromatic carbocycles. The number of hydrogen-bond acceptors (Lipinski definition) is 6. The van der Waals surface area contributed by atoms with Crippen LogP contribution in [0.1, 0.15) is 62.2 Å². The van der Waals surface area contributed by atoms with E-state index in [1.165, 1.54) is 0 Å². The molecule has 38 heavy (non-hydrogen) atoms. The van der Waals surface area contributed by atoms with Gasteiger partial charge < -0.3 is 14.5 Å². The molecular weight excluding hydrogens is 480 g/mol. The molecule has 0 unspecified atom stereocenters. The minimum atomic E-state index is -0.834. The SMILES string of the molecule is Cc1cc([C@@H](C(=O)N2C[C@H](O)C[C@H]2C2=NC(=O)[C@@](C)(c3ccc(-c4cccnc4C)cc3)C2)C(C)C)on1. The molecule has 0 radical (unpaired) electrons. The number of β-amino-alcohol motifs (C(OH)–C–C–N with tert-alkyl or cyclic N) is 1. The normalized spacial score (nSPS) is 24.2. The van der Waals surface area contributed by atoms with Crippen molar-refractivity contribution in [2.75, 3.05) is 6.54 Å². The number of hydrogen-bond donors (Lipinski definition) is 1. The van der Waals surface area contributed by atoms with Crippen molar-refractivity contribution in [1.29, 1.82) is 0 Å². The van der Waals surface area contributed by atoms with E-state index in [0.717, 1.165) is 22.4 Å². The van der Waals surface area contributed by atoms with Crippen molar-refractivity contribution < 1.29 is 19.2 Å². The highest BCUT2D eigenvalue weighted by Crippen LogP contribution is 2.39. The molecule has 2 amide bonds. The van der Waals surface area contributed by atoms with Crippen molar-refractivity contribution >= 4 is 17.5 Å². The standard InChI is InChI=1S/C30H34N4O4/c1-17(2)27(26-13-18(3)33-38-26)28(36)34-16-22(35)14-25(34)24-15-30(5,29(37)32-24)21-10-8-20(9-11-21)23-7-6-12-31-19(23)4/h6-13,17,22,25,27,35H,14-16H2,1-5H3/t22-,25+,27+,30-/m1/s1. The number of aromatic nitrogens is 2. The molecular formula is C30H34N4O4. The van der Waals surface area contributed by atoms with Crippen LogP contribution >= 0.6 is 0 Å². The summed E-state index contributed by atoms with van der Waals surface area (Å²) in [6.45, 7) is 9.83. The lowest BCUT2D eigenvalue weighted by Gasteiger charge is -2.30. The molecule has 1 saturated heterocycles. The molecule has 0 saturated carbocycles. The second-order valence-corrected chi connectivity index (χ2v) is 11.1. The summed E-state index contributed by atoms with van der Waals surface area (Å²) < 4.78 is 5.46. The lowest BCUT2D eigenvalue weighted by Crippen LogP contribution is -2.44. The van der Waals surface area contributed by atoms with Crippen molar-refractivity contribution in [2.45, 2.75) is 70.9 Å². The lowest BCUT2D eigenvalue weighted by atomic mass is 9.78. The Labute approximate surface area is 222 Å². The van der Waals surface area contributed by atoms with Gasteiger partial charge in [-0.15, -0.1) is 0 Å². The fraction of sp³-hybridized carbons (Fsp3) is 0.433. The average molecular weight is 515 g/mol. The van der Waals surface area contributed by atoms with Gasteiger partial charge in [-0.2, -0.15) is 0 Å². The van der Waals surface area contributed by atoms with Crippen LogP contribution in [0.4, 0.5) is 0 Å². The number of likely N-dealkylation sites (tertiary alicyclic amines) is 1. The maximum Gasteiger partial charge on any atom is 0.256 e. The second-order valence-electron chi connectivity index (χ2n) is 11.1. The van der Waals surface area contributed by atoms with E-state index in [4.69, 9.17) is 4.52 Å². The van der Waals surface area contributed by atoms with Crippen molar-refractivity contribution in [3.05, 3.63) is 71.4 Å². The van der Waals surface area contributed by atoms with Crippen LogP contribution in [0, 0.1) is 19.8 Å². The number of nitrogens with zero attached hydrogens (tertiary/aromatic N) is 4. The van der Waals surface area contributed by atoms with Gasteiger partial charge in [0.15, 0.2) is 0 Å². The molecule has 2 aliphatic heterocycles. The molecule has 2 aliphatic rings. The summed E-state index contributed by atoms with van der Waals surface area (Å²) in [5.74, 6) is -0.416. The summed E-state index contributed by atoms with van der Waals surface area (Å²) in [5, 5.41) is 14.5. The molecule has 4 atom stereocenters. The maximum absolute atomic E-state index is 13.8. The summed E-state index contributed by atoms with van der Waals surface area (Å²) in [6.07, 6.45) is 1.84. The third-order valence-electron chi connectivity index (χ3n) is 7.92. The molecule has 5 rings (SSSR count). The Morgan fingerprint density at radius 2 is 1.92 bits per heavy atom. The zero-order valence-corrected chi connectivity index (χ0v) is 22.5. The number of rotatable bonds is 6. The number of benzene rings is 1. The number of aryl methyl sites for hydroxylation is 2. The predicted molar refractivity (Wildman–Crippen MR) is 144 cm³/mol. The van der Waals surface area contributed by atoms with Gasteiger partial charge in [0.1, 0.15) is 11.7 Å². The summed E-state index contributed by atoms with van der Waals surface area (Å²) in [7, 11) is 0. The smallest absolute Gasteiger partial charge is 0.256 e. The second kappa shape index (κ2) is 9.91. The molecule has 0 spiro atoms. The van der Waals surface area contributed by atoms with Crippen molar-refractivity contribution in [2.24, 2.45) is 10.9 Å². The number of amides is 2. The lowest BCUT2D eigenvalue weighted by molar-refractivity contribution is -0.134. The van der Waals surface area contributed by atoms with E-state index in [0.29, 0.717) is 30.0 Å². The highest BCUT2D eigenvalue weighted by Gasteiger charge is 2.48. The van der Waals surface area contributed by atoms with E-state index < -0.39 is 23.5 Å². The Morgan fingerprint density at radius 1 is 1.18 bits per heavy atom. The van der Waals surface area contributed by atoms with E-state index in [-0.39, 0.29) is 24.3 Å². The van der Waals surface area contributed by atoms with Gasteiger partial charge in [-0.05, 0) is 43.9 Å². The summed E-state index contributed by atoms with van der Waals surface area (Å²) in [5.41, 5.74) is 4.43. The van der Waals surface area contributed by atoms with Gasteiger partial charge in [-0.3, -0.25) is 14.6 Å². The summed E-state index contributed by atoms with van der Waals surface area (Å²) in [4.78, 5) is 37.6. The van der Waals surface area contributed by atoms with Gasteiger partial charge in [0.25, 0.3) is 5.91 Å². The molecule has 2 aromatic heterocycles. The number of aliphatic imine (C=N–C) groups is 1. The topological polar surface area (TPSA) is 109 Å². The van der Waals surface area contributed by atoms with E-state index >= 15 is 0 Å². The molecule has 1 N–H and O–H groups in total. The van der Waals surface area contributed by atoms with E-state index in [2.05, 4.69) is 15.1 Å². The van der Waals surface area contributed by atoms with Gasteiger partial charge in [0.2, 0.25) is 5.91 Å². The van der Waals surface area contributed by atoms with Crippen molar-refractivity contribution in [3.63, 3.8) is 0 Å². The average Bonchev–Trinajstić information content (AvgIpc) is 3.57. The molecule has 0 bridgehead atoms. The van der Waals surface area contributed by atoms with Crippen molar-refractivity contribution in [1.82, 2.24) is 15.0 Å². The minimum absolute atomic E-state index is 0.0346. The number of carbonyl (C=O) groups excluding carboxylic acids is 2. The third kappa shape index (κ3) is 4.58. The Balaban J connectivity index is 1.39. The van der Waals surface area contributed by atoms with Crippen LogP contribution in [0.25, 0.3) is 11.1 Å². The number of aliphatic hydroxyl groups is 1. The van der Waals surface area contributed by atoms with Gasteiger partial charge in [0.05, 0.1) is 23.3 Å². The fourth-order valence-electron chi connectivity index (χ4n) is 5.77. The van der Waals surface area contributed by atoms with Crippen molar-refractivity contribution in [3.8, 4) is 11.1 Å². The van der Waals surface area contributed by atoms with Gasteiger partial charge >= 0.3 is 0 Å². The first-order valence-electron chi connectivity index (χ1n) is 13.1. The molecule has 3 aromatic rings. The van der Waals surface area contributed by atoms with Gasteiger partial charge in [-0.25, -0.2) is 4.99 Å². The Hall–Kier alpha value is -3.65. The summed E-state index contributed by atoms with van der Waals surface area (Å²) >= 11 is 0. The molecule has 1 fully saturated rings. The monoisotopic (exact) mass is 514 g/mol. The van der Waals surface area contributed by atoms with E-state index in [9.17, 15) is 14.7 Å². The molecule has 198 valence electrons. The van der Waals surface area contributed by atoms with E-state index in [1.807, 2.05) is 71.0 Å². The van der Waals surface area contributed by atoms with Gasteiger partial charge in [-0.1, -0.05) is 49.3 Å². The zero-order valence-electron chi connectivity index (χ0n) is 22.5. The first kappa shape index (κ1) is 26.0. The summed E-state index contributed by atoms with van der Waals surface area (Å²) in [6, 6.07) is 13.3. The first-order valence-corrected chi connectivity index (χ1v) is 13.1. The van der Waals surface area contributed by atoms with Crippen LogP contribution in [-0.2, 0) is 15.0 Å². The minimum Gasteiger partial charge on any atom is -0.391 e. The molecule has 8 nitrogen and oxygen atoms in total. The van der Waals surface area contributed by atoms with Crippen LogP contribution in [0.5, 0.6) is 0 Å². The fourth-order valence-corrected chi connectivity index (χ4v) is 5.77. The highest BCUT2D eigenvalue weighted by atomic mass is 16.5. The zero-order chi connectivity index (χ0) is 27.2. The van der Waals surface area contributed by atoms with Crippen LogP contribution in [0.15, 0.2) is 58.2 Å². The number of aliphatic hydroxyl groups excluding tert-OH is 1. The third-order valence-corrected chi connectivity index (χ3v) is 7.92. The first-order chi connectivity index (χ1) is 18.1. The van der Waals surface area contributed by atoms with Crippen LogP contribution in [-0.4, -0.2) is 56.4 Å². The number of pyridine rings is 1. The van der Waals surface area contributed by atoms with E-state index in [1.54, 1.807) is 17.2 Å². The quantitative estimate of drug-likeness (QED) is 0.523. The predicted octanol–water partition coefficient (Wildman–Crippen LogP) is 4.38. The van der Waals surface area contributed by atoms with Crippen LogP contribution in [0.3, 0.4) is 0 Å². The van der Waals surface area contributed by atoms with Crippen LogP contribution in [0.2, 0.25) is 0 Å². The van der Waals surface area contributed by atoms with Crippen LogP contribution < -0.4 is 0 Å². The maximum atomic E-state index is 13.8. The Bertz CT molecular complexity index is 1390. The molecule has 4 heterocycles.